The highest BCUT2D eigenvalue weighted by atomic mass is 79.9. The normalized spacial score (nSPS) is 10.9. The fraction of sp³-hybridized carbons (Fsp3) is 0.0952. The van der Waals surface area contributed by atoms with Crippen LogP contribution in [0.3, 0.4) is 0 Å². The van der Waals surface area contributed by atoms with Crippen LogP contribution in [0.2, 0.25) is 0 Å². The highest BCUT2D eigenvalue weighted by molar-refractivity contribution is 9.10. The third kappa shape index (κ3) is 4.41. The first-order valence-corrected chi connectivity index (χ1v) is 9.80. The van der Waals surface area contributed by atoms with Crippen molar-refractivity contribution in [3.05, 3.63) is 93.2 Å². The topological polar surface area (TPSA) is 77.6 Å². The second-order valence-corrected chi connectivity index (χ2v) is 7.40. The summed E-state index contributed by atoms with van der Waals surface area (Å²) in [6.45, 7) is -0.0838. The Morgan fingerprint density at radius 3 is 2.80 bits per heavy atom. The number of carbonyl (C=O) groups is 1. The summed E-state index contributed by atoms with van der Waals surface area (Å²) in [6, 6.07) is 16.7. The number of benzene rings is 2. The molecule has 0 radical (unpaired) electrons. The second-order valence-electron chi connectivity index (χ2n) is 6.48. The van der Waals surface area contributed by atoms with Gasteiger partial charge in [-0.3, -0.25) is 9.20 Å². The molecule has 7 nitrogen and oxygen atoms in total. The fourth-order valence-electron chi connectivity index (χ4n) is 2.92. The summed E-state index contributed by atoms with van der Waals surface area (Å²) in [5.74, 6) is -0.996. The minimum atomic E-state index is -0.558. The molecule has 30 heavy (non-hydrogen) atoms. The smallest absolute Gasteiger partial charge is 0.350 e. The maximum absolute atomic E-state index is 13.8. The molecule has 0 saturated carbocycles. The molecule has 0 saturated heterocycles. The van der Waals surface area contributed by atoms with E-state index in [1.165, 1.54) is 21.2 Å². The minimum absolute atomic E-state index is 0.00618. The number of hydrogen-bond acceptors (Lipinski definition) is 4. The summed E-state index contributed by atoms with van der Waals surface area (Å²) in [5, 5.41) is 7.00. The lowest BCUT2D eigenvalue weighted by Gasteiger charge is -2.09. The standard InChI is InChI=1S/C21H16BrFN4O3/c22-15-7-8-18(17(23)11-15)30-13-20(28)24-16-5-3-4-14(10-16)12-27-21(29)26-9-2-1-6-19(26)25-27/h1-11H,12-13H2,(H,24,28). The molecule has 4 aromatic rings. The summed E-state index contributed by atoms with van der Waals surface area (Å²) in [5.41, 5.74) is 1.64. The Labute approximate surface area is 178 Å². The summed E-state index contributed by atoms with van der Waals surface area (Å²) in [7, 11) is 0. The number of fused-ring (bicyclic) bond motifs is 1. The van der Waals surface area contributed by atoms with Gasteiger partial charge in [-0.25, -0.2) is 13.9 Å². The molecule has 9 heteroatoms. The van der Waals surface area contributed by atoms with Crippen molar-refractivity contribution in [1.82, 2.24) is 14.2 Å². The van der Waals surface area contributed by atoms with E-state index < -0.39 is 11.7 Å². The number of nitrogens with one attached hydrogen (secondary N) is 1. The zero-order chi connectivity index (χ0) is 21.1. The molecule has 4 rings (SSSR count). The Hall–Kier alpha value is -3.46. The van der Waals surface area contributed by atoms with Crippen molar-refractivity contribution in [2.75, 3.05) is 11.9 Å². The zero-order valence-corrected chi connectivity index (χ0v) is 17.2. The van der Waals surface area contributed by atoms with E-state index in [4.69, 9.17) is 4.74 Å². The van der Waals surface area contributed by atoms with Crippen LogP contribution in [0.4, 0.5) is 10.1 Å². The SMILES string of the molecule is O=C(COc1ccc(Br)cc1F)Nc1cccc(Cn2nc3ccccn3c2=O)c1. The summed E-state index contributed by atoms with van der Waals surface area (Å²) in [4.78, 5) is 24.6. The number of halogens is 2. The number of ether oxygens (including phenoxy) is 1. The highest BCUT2D eigenvalue weighted by Gasteiger charge is 2.10. The number of rotatable bonds is 6. The first kappa shape index (κ1) is 19.8. The Morgan fingerprint density at radius 2 is 2.00 bits per heavy atom. The number of anilines is 1. The molecule has 0 aliphatic heterocycles. The van der Waals surface area contributed by atoms with Crippen LogP contribution in [0.15, 0.2) is 76.1 Å². The van der Waals surface area contributed by atoms with Crippen LogP contribution in [-0.4, -0.2) is 26.7 Å². The van der Waals surface area contributed by atoms with Crippen molar-refractivity contribution >= 4 is 33.2 Å². The molecule has 0 fully saturated rings. The van der Waals surface area contributed by atoms with Crippen molar-refractivity contribution in [3.8, 4) is 5.75 Å². The summed E-state index contributed by atoms with van der Waals surface area (Å²) in [6.07, 6.45) is 1.66. The lowest BCUT2D eigenvalue weighted by Crippen LogP contribution is -2.22. The molecule has 0 bridgehead atoms. The summed E-state index contributed by atoms with van der Waals surface area (Å²) >= 11 is 3.16. The molecule has 2 heterocycles. The van der Waals surface area contributed by atoms with E-state index >= 15 is 0 Å². The summed E-state index contributed by atoms with van der Waals surface area (Å²) < 4.78 is 22.4. The number of hydrogen-bond donors (Lipinski definition) is 1. The van der Waals surface area contributed by atoms with Gasteiger partial charge in [-0.1, -0.05) is 34.1 Å². The number of amides is 1. The van der Waals surface area contributed by atoms with Crippen LogP contribution in [0.1, 0.15) is 5.56 Å². The molecule has 1 amide bonds. The van der Waals surface area contributed by atoms with Crippen LogP contribution in [0, 0.1) is 5.82 Å². The molecule has 1 N–H and O–H groups in total. The molecular formula is C21H16BrFN4O3. The van der Waals surface area contributed by atoms with Crippen LogP contribution in [0.25, 0.3) is 5.65 Å². The van der Waals surface area contributed by atoms with Crippen LogP contribution < -0.4 is 15.7 Å². The van der Waals surface area contributed by atoms with Gasteiger partial charge in [0.2, 0.25) is 0 Å². The lowest BCUT2D eigenvalue weighted by atomic mass is 10.2. The van der Waals surface area contributed by atoms with E-state index in [9.17, 15) is 14.0 Å². The number of pyridine rings is 1. The van der Waals surface area contributed by atoms with Crippen molar-refractivity contribution in [2.24, 2.45) is 0 Å². The maximum Gasteiger partial charge on any atom is 0.350 e. The molecule has 2 aromatic heterocycles. The van der Waals surface area contributed by atoms with Gasteiger partial charge in [0.1, 0.15) is 0 Å². The van der Waals surface area contributed by atoms with Crippen LogP contribution in [-0.2, 0) is 11.3 Å². The molecular weight excluding hydrogens is 455 g/mol. The van der Waals surface area contributed by atoms with E-state index in [0.717, 1.165) is 5.56 Å². The van der Waals surface area contributed by atoms with Gasteiger partial charge in [0.25, 0.3) is 5.91 Å². The van der Waals surface area contributed by atoms with Gasteiger partial charge in [0.15, 0.2) is 23.8 Å². The van der Waals surface area contributed by atoms with Gasteiger partial charge < -0.3 is 10.1 Å². The Balaban J connectivity index is 1.42. The monoisotopic (exact) mass is 470 g/mol. The lowest BCUT2D eigenvalue weighted by molar-refractivity contribution is -0.118. The van der Waals surface area contributed by atoms with Crippen molar-refractivity contribution in [1.29, 1.82) is 0 Å². The maximum atomic E-state index is 13.8. The van der Waals surface area contributed by atoms with Crippen molar-refractivity contribution in [3.63, 3.8) is 0 Å². The highest BCUT2D eigenvalue weighted by Crippen LogP contribution is 2.21. The Bertz CT molecular complexity index is 1280. The predicted molar refractivity (Wildman–Crippen MR) is 113 cm³/mol. The first-order chi connectivity index (χ1) is 14.5. The minimum Gasteiger partial charge on any atom is -0.481 e. The van der Waals surface area contributed by atoms with Crippen LogP contribution in [0.5, 0.6) is 5.75 Å². The van der Waals surface area contributed by atoms with Gasteiger partial charge >= 0.3 is 5.69 Å². The largest absolute Gasteiger partial charge is 0.481 e. The molecule has 152 valence electrons. The number of nitrogens with zero attached hydrogens (tertiary/aromatic N) is 3. The molecule has 0 atom stereocenters. The Morgan fingerprint density at radius 1 is 1.13 bits per heavy atom. The van der Waals surface area contributed by atoms with Gasteiger partial charge in [-0.15, -0.1) is 5.10 Å². The van der Waals surface area contributed by atoms with Gasteiger partial charge in [-0.2, -0.15) is 0 Å². The van der Waals surface area contributed by atoms with E-state index in [2.05, 4.69) is 26.3 Å². The quantitative estimate of drug-likeness (QED) is 0.468. The van der Waals surface area contributed by atoms with Crippen molar-refractivity contribution < 1.29 is 13.9 Å². The van der Waals surface area contributed by atoms with Gasteiger partial charge in [0.05, 0.1) is 6.54 Å². The average Bonchev–Trinajstić information content (AvgIpc) is 3.03. The molecule has 2 aromatic carbocycles. The first-order valence-electron chi connectivity index (χ1n) is 9.00. The van der Waals surface area contributed by atoms with E-state index in [1.54, 1.807) is 42.6 Å². The second kappa shape index (κ2) is 8.50. The molecule has 0 spiro atoms. The zero-order valence-electron chi connectivity index (χ0n) is 15.6. The predicted octanol–water partition coefficient (Wildman–Crippen LogP) is 3.46. The van der Waals surface area contributed by atoms with Crippen LogP contribution >= 0.6 is 15.9 Å². The molecule has 0 aliphatic carbocycles. The van der Waals surface area contributed by atoms with E-state index in [0.29, 0.717) is 15.8 Å². The fourth-order valence-corrected chi connectivity index (χ4v) is 3.26. The third-order valence-corrected chi connectivity index (χ3v) is 4.78. The van der Waals surface area contributed by atoms with Crippen molar-refractivity contribution in [2.45, 2.75) is 6.54 Å². The number of aromatic nitrogens is 3. The average molecular weight is 471 g/mol. The van der Waals surface area contributed by atoms with Gasteiger partial charge in [-0.05, 0) is 48.0 Å². The van der Waals surface area contributed by atoms with Gasteiger partial charge in [0, 0.05) is 16.4 Å². The molecule has 0 unspecified atom stereocenters. The third-order valence-electron chi connectivity index (χ3n) is 4.28. The van der Waals surface area contributed by atoms with E-state index in [1.807, 2.05) is 12.1 Å². The molecule has 0 aliphatic rings. The Kier molecular flexibility index (Phi) is 5.62. The number of carbonyl (C=O) groups excluding carboxylic acids is 1. The van der Waals surface area contributed by atoms with E-state index in [-0.39, 0.29) is 24.6 Å².